The van der Waals surface area contributed by atoms with Crippen LogP contribution in [0, 0.1) is 0 Å². The Morgan fingerprint density at radius 2 is 1.83 bits per heavy atom. The van der Waals surface area contributed by atoms with Crippen molar-refractivity contribution < 1.29 is 14.3 Å². The molecule has 0 saturated heterocycles. The van der Waals surface area contributed by atoms with Gasteiger partial charge in [0.05, 0.1) is 13.3 Å². The Balaban J connectivity index is 2.18. The van der Waals surface area contributed by atoms with E-state index in [9.17, 15) is 9.59 Å². The SMILES string of the molecule is CCCCNC(=O)CCCCC(=O)N/N=C/c1ccccc1OC. The summed E-state index contributed by atoms with van der Waals surface area (Å²) in [6, 6.07) is 7.42. The van der Waals surface area contributed by atoms with Crippen LogP contribution in [0.4, 0.5) is 0 Å². The molecule has 1 aromatic carbocycles. The predicted octanol–water partition coefficient (Wildman–Crippen LogP) is 2.62. The first-order valence-electron chi connectivity index (χ1n) is 8.39. The van der Waals surface area contributed by atoms with E-state index in [1.807, 2.05) is 24.3 Å². The molecule has 0 saturated carbocycles. The maximum absolute atomic E-state index is 11.7. The van der Waals surface area contributed by atoms with Crippen molar-refractivity contribution in [3.8, 4) is 5.75 Å². The predicted molar refractivity (Wildman–Crippen MR) is 95.1 cm³/mol. The zero-order chi connectivity index (χ0) is 17.6. The molecular formula is C18H27N3O3. The second-order valence-corrected chi connectivity index (χ2v) is 5.45. The van der Waals surface area contributed by atoms with Gasteiger partial charge in [0, 0.05) is 24.9 Å². The number of hydrazone groups is 1. The topological polar surface area (TPSA) is 79.8 Å². The van der Waals surface area contributed by atoms with Gasteiger partial charge in [-0.15, -0.1) is 0 Å². The molecule has 0 radical (unpaired) electrons. The molecule has 2 amide bonds. The summed E-state index contributed by atoms with van der Waals surface area (Å²) in [7, 11) is 1.59. The molecule has 2 N–H and O–H groups in total. The highest BCUT2D eigenvalue weighted by atomic mass is 16.5. The van der Waals surface area contributed by atoms with Crippen molar-refractivity contribution in [2.45, 2.75) is 45.4 Å². The van der Waals surface area contributed by atoms with Crippen LogP contribution in [0.15, 0.2) is 29.4 Å². The lowest BCUT2D eigenvalue weighted by Gasteiger charge is -2.04. The summed E-state index contributed by atoms with van der Waals surface area (Å²) in [5.74, 6) is 0.593. The molecule has 0 unspecified atom stereocenters. The molecule has 0 aliphatic heterocycles. The smallest absolute Gasteiger partial charge is 0.240 e. The van der Waals surface area contributed by atoms with E-state index in [1.165, 1.54) is 0 Å². The van der Waals surface area contributed by atoms with Gasteiger partial charge >= 0.3 is 0 Å². The van der Waals surface area contributed by atoms with Crippen molar-refractivity contribution in [2.24, 2.45) is 5.10 Å². The monoisotopic (exact) mass is 333 g/mol. The summed E-state index contributed by atoms with van der Waals surface area (Å²) in [5, 5.41) is 6.79. The van der Waals surface area contributed by atoms with Gasteiger partial charge in [0.25, 0.3) is 0 Å². The molecule has 6 nitrogen and oxygen atoms in total. The minimum atomic E-state index is -0.160. The van der Waals surface area contributed by atoms with Crippen LogP contribution in [0.5, 0.6) is 5.75 Å². The lowest BCUT2D eigenvalue weighted by Crippen LogP contribution is -2.24. The second kappa shape index (κ2) is 12.1. The van der Waals surface area contributed by atoms with Crippen LogP contribution in [-0.4, -0.2) is 31.7 Å². The molecule has 0 bridgehead atoms. The molecule has 24 heavy (non-hydrogen) atoms. The minimum absolute atomic E-state index is 0.0538. The average Bonchev–Trinajstić information content (AvgIpc) is 2.59. The van der Waals surface area contributed by atoms with Crippen molar-refractivity contribution in [1.82, 2.24) is 10.7 Å². The van der Waals surface area contributed by atoms with E-state index >= 15 is 0 Å². The summed E-state index contributed by atoms with van der Waals surface area (Å²) >= 11 is 0. The van der Waals surface area contributed by atoms with Crippen LogP contribution in [0.2, 0.25) is 0 Å². The average molecular weight is 333 g/mol. The molecule has 0 fully saturated rings. The summed E-state index contributed by atoms with van der Waals surface area (Å²) in [6.45, 7) is 2.81. The van der Waals surface area contributed by atoms with Crippen LogP contribution >= 0.6 is 0 Å². The third-order valence-corrected chi connectivity index (χ3v) is 3.44. The van der Waals surface area contributed by atoms with Crippen molar-refractivity contribution in [2.75, 3.05) is 13.7 Å². The number of nitrogens with one attached hydrogen (secondary N) is 2. The Hall–Kier alpha value is -2.37. The van der Waals surface area contributed by atoms with Crippen molar-refractivity contribution in [3.05, 3.63) is 29.8 Å². The molecular weight excluding hydrogens is 306 g/mol. The lowest BCUT2D eigenvalue weighted by atomic mass is 10.2. The highest BCUT2D eigenvalue weighted by Gasteiger charge is 2.03. The number of methoxy groups -OCH3 is 1. The number of unbranched alkanes of at least 4 members (excludes halogenated alkanes) is 2. The molecule has 6 heteroatoms. The number of ether oxygens (including phenoxy) is 1. The van der Waals surface area contributed by atoms with Crippen molar-refractivity contribution in [1.29, 1.82) is 0 Å². The van der Waals surface area contributed by atoms with E-state index in [0.29, 0.717) is 31.4 Å². The van der Waals surface area contributed by atoms with Gasteiger partial charge in [-0.3, -0.25) is 9.59 Å². The van der Waals surface area contributed by atoms with Crippen LogP contribution in [0.3, 0.4) is 0 Å². The number of hydrogen-bond acceptors (Lipinski definition) is 4. The molecule has 1 rings (SSSR count). The summed E-state index contributed by atoms with van der Waals surface area (Å²) in [6.07, 6.45) is 5.79. The van der Waals surface area contributed by atoms with Gasteiger partial charge in [-0.2, -0.15) is 5.10 Å². The standard InChI is InChI=1S/C18H27N3O3/c1-3-4-13-19-17(22)11-7-8-12-18(23)21-20-14-15-9-5-6-10-16(15)24-2/h5-6,9-10,14H,3-4,7-8,11-13H2,1-2H3,(H,19,22)(H,21,23)/b20-14+. The minimum Gasteiger partial charge on any atom is -0.496 e. The highest BCUT2D eigenvalue weighted by Crippen LogP contribution is 2.14. The molecule has 1 aromatic rings. The number of carbonyl (C=O) groups is 2. The van der Waals surface area contributed by atoms with Crippen molar-refractivity contribution >= 4 is 18.0 Å². The Labute approximate surface area is 143 Å². The Kier molecular flexibility index (Phi) is 9.92. The quantitative estimate of drug-likeness (QED) is 0.371. The lowest BCUT2D eigenvalue weighted by molar-refractivity contribution is -0.123. The number of nitrogens with zero attached hydrogens (tertiary/aromatic N) is 1. The fourth-order valence-corrected chi connectivity index (χ4v) is 2.07. The maximum Gasteiger partial charge on any atom is 0.240 e. The Morgan fingerprint density at radius 3 is 2.54 bits per heavy atom. The molecule has 132 valence electrons. The number of para-hydroxylation sites is 1. The van der Waals surface area contributed by atoms with Gasteiger partial charge in [0.15, 0.2) is 0 Å². The van der Waals surface area contributed by atoms with E-state index in [4.69, 9.17) is 4.74 Å². The molecule has 0 atom stereocenters. The number of rotatable bonds is 11. The zero-order valence-corrected chi connectivity index (χ0v) is 14.5. The van der Waals surface area contributed by atoms with Gasteiger partial charge in [-0.25, -0.2) is 5.43 Å². The molecule has 0 spiro atoms. The second-order valence-electron chi connectivity index (χ2n) is 5.45. The van der Waals surface area contributed by atoms with E-state index in [1.54, 1.807) is 13.3 Å². The number of carbonyl (C=O) groups excluding carboxylic acids is 2. The molecule has 0 aromatic heterocycles. The number of amides is 2. The normalized spacial score (nSPS) is 10.6. The molecule has 0 aliphatic rings. The fraction of sp³-hybridized carbons (Fsp3) is 0.500. The van der Waals surface area contributed by atoms with Gasteiger partial charge in [-0.1, -0.05) is 25.5 Å². The van der Waals surface area contributed by atoms with E-state index in [2.05, 4.69) is 22.8 Å². The van der Waals surface area contributed by atoms with Gasteiger partial charge in [-0.05, 0) is 31.4 Å². The Morgan fingerprint density at radius 1 is 1.12 bits per heavy atom. The Bertz CT molecular complexity index is 544. The van der Waals surface area contributed by atoms with Crippen LogP contribution in [0.25, 0.3) is 0 Å². The molecule has 0 aliphatic carbocycles. The zero-order valence-electron chi connectivity index (χ0n) is 14.5. The fourth-order valence-electron chi connectivity index (χ4n) is 2.07. The third kappa shape index (κ3) is 8.31. The van der Waals surface area contributed by atoms with E-state index < -0.39 is 0 Å². The highest BCUT2D eigenvalue weighted by molar-refractivity contribution is 5.85. The van der Waals surface area contributed by atoms with Crippen LogP contribution < -0.4 is 15.5 Å². The maximum atomic E-state index is 11.7. The van der Waals surface area contributed by atoms with Crippen LogP contribution in [-0.2, 0) is 9.59 Å². The van der Waals surface area contributed by atoms with Gasteiger partial charge < -0.3 is 10.1 Å². The van der Waals surface area contributed by atoms with E-state index in [0.717, 1.165) is 24.9 Å². The first-order valence-corrected chi connectivity index (χ1v) is 8.39. The summed E-state index contributed by atoms with van der Waals surface area (Å²) in [4.78, 5) is 23.2. The largest absolute Gasteiger partial charge is 0.496 e. The number of benzene rings is 1. The van der Waals surface area contributed by atoms with Gasteiger partial charge in [0.1, 0.15) is 5.75 Å². The van der Waals surface area contributed by atoms with E-state index in [-0.39, 0.29) is 11.8 Å². The first kappa shape index (κ1) is 19.7. The van der Waals surface area contributed by atoms with Crippen LogP contribution in [0.1, 0.15) is 51.0 Å². The summed E-state index contributed by atoms with van der Waals surface area (Å²) < 4.78 is 5.20. The van der Waals surface area contributed by atoms with Crippen molar-refractivity contribution in [3.63, 3.8) is 0 Å². The molecule has 0 heterocycles. The first-order chi connectivity index (χ1) is 11.7. The third-order valence-electron chi connectivity index (χ3n) is 3.44. The van der Waals surface area contributed by atoms with Gasteiger partial charge in [0.2, 0.25) is 11.8 Å². The number of hydrogen-bond donors (Lipinski definition) is 2. The summed E-state index contributed by atoms with van der Waals surface area (Å²) in [5.41, 5.74) is 3.28.